The van der Waals surface area contributed by atoms with Crippen molar-refractivity contribution in [3.05, 3.63) is 22.2 Å². The monoisotopic (exact) mass is 328 g/mol. The molecule has 0 radical (unpaired) electrons. The van der Waals surface area contributed by atoms with E-state index in [9.17, 15) is 4.79 Å². The fourth-order valence-corrected chi connectivity index (χ4v) is 2.39. The minimum Gasteiger partial charge on any atom is -0.454 e. The summed E-state index contributed by atoms with van der Waals surface area (Å²) >= 11 is 3.50. The van der Waals surface area contributed by atoms with Gasteiger partial charge in [0.15, 0.2) is 11.5 Å². The molecule has 0 aliphatic carbocycles. The van der Waals surface area contributed by atoms with Gasteiger partial charge in [0.2, 0.25) is 12.7 Å². The Bertz CT molecular complexity index is 503. The summed E-state index contributed by atoms with van der Waals surface area (Å²) in [5.41, 5.74) is 5.92. The van der Waals surface area contributed by atoms with Crippen LogP contribution in [0.15, 0.2) is 16.6 Å². The van der Waals surface area contributed by atoms with Gasteiger partial charge in [-0.05, 0) is 31.5 Å². The molecule has 0 spiro atoms. The number of hydrogen-bond acceptors (Lipinski definition) is 4. The number of hydrogen-bond donors (Lipinski definition) is 2. The molecule has 0 fully saturated rings. The van der Waals surface area contributed by atoms with Gasteiger partial charge in [-0.25, -0.2) is 0 Å². The van der Waals surface area contributed by atoms with E-state index in [1.54, 1.807) is 0 Å². The highest BCUT2D eigenvalue weighted by molar-refractivity contribution is 9.10. The van der Waals surface area contributed by atoms with E-state index >= 15 is 0 Å². The highest BCUT2D eigenvalue weighted by Crippen LogP contribution is 2.37. The molecule has 1 aromatic rings. The first kappa shape index (κ1) is 14.1. The normalized spacial score (nSPS) is 13.6. The van der Waals surface area contributed by atoms with Crippen LogP contribution in [-0.2, 0) is 11.3 Å². The van der Waals surface area contributed by atoms with Gasteiger partial charge in [0.1, 0.15) is 0 Å². The Morgan fingerprint density at radius 2 is 2.05 bits per heavy atom. The topological polar surface area (TPSA) is 73.6 Å². The van der Waals surface area contributed by atoms with Gasteiger partial charge in [-0.15, -0.1) is 0 Å². The van der Waals surface area contributed by atoms with E-state index in [4.69, 9.17) is 15.2 Å². The highest BCUT2D eigenvalue weighted by atomic mass is 79.9. The number of nitrogens with one attached hydrogen (secondary N) is 1. The number of fused-ring (bicyclic) bond motifs is 1. The van der Waals surface area contributed by atoms with Gasteiger partial charge < -0.3 is 20.5 Å². The first-order valence-corrected chi connectivity index (χ1v) is 6.78. The fraction of sp³-hybridized carbons (Fsp3) is 0.462. The Kier molecular flexibility index (Phi) is 4.01. The van der Waals surface area contributed by atoms with Gasteiger partial charge in [-0.2, -0.15) is 0 Å². The SMILES string of the molecule is CC(C)(CC(N)=O)NCc1cc2c(cc1Br)OCO2. The maximum Gasteiger partial charge on any atom is 0.231 e. The lowest BCUT2D eigenvalue weighted by Gasteiger charge is -2.25. The summed E-state index contributed by atoms with van der Waals surface area (Å²) in [6.45, 7) is 4.75. The molecule has 6 heteroatoms. The van der Waals surface area contributed by atoms with Crippen molar-refractivity contribution in [3.8, 4) is 11.5 Å². The second-order valence-corrected chi connectivity index (χ2v) is 6.03. The smallest absolute Gasteiger partial charge is 0.231 e. The van der Waals surface area contributed by atoms with E-state index < -0.39 is 0 Å². The Hall–Kier alpha value is -1.27. The molecule has 5 nitrogen and oxygen atoms in total. The van der Waals surface area contributed by atoms with E-state index in [0.717, 1.165) is 21.5 Å². The molecule has 0 bridgehead atoms. The summed E-state index contributed by atoms with van der Waals surface area (Å²) < 4.78 is 11.6. The Morgan fingerprint density at radius 1 is 1.42 bits per heavy atom. The van der Waals surface area contributed by atoms with E-state index in [-0.39, 0.29) is 24.7 Å². The molecule has 1 heterocycles. The number of benzene rings is 1. The zero-order valence-corrected chi connectivity index (χ0v) is 12.5. The molecule has 19 heavy (non-hydrogen) atoms. The third-order valence-corrected chi connectivity index (χ3v) is 3.65. The predicted molar refractivity (Wildman–Crippen MR) is 75.0 cm³/mol. The fourth-order valence-electron chi connectivity index (χ4n) is 1.93. The zero-order valence-electron chi connectivity index (χ0n) is 11.0. The summed E-state index contributed by atoms with van der Waals surface area (Å²) in [6.07, 6.45) is 0.287. The zero-order chi connectivity index (χ0) is 14.0. The van der Waals surface area contributed by atoms with Crippen LogP contribution in [0.3, 0.4) is 0 Å². The van der Waals surface area contributed by atoms with E-state index in [1.165, 1.54) is 0 Å². The van der Waals surface area contributed by atoms with Crippen molar-refractivity contribution in [1.29, 1.82) is 0 Å². The van der Waals surface area contributed by atoms with Crippen molar-refractivity contribution < 1.29 is 14.3 Å². The molecule has 0 aromatic heterocycles. The Labute approximate surface area is 120 Å². The number of amides is 1. The predicted octanol–water partition coefficient (Wildman–Crippen LogP) is 1.92. The van der Waals surface area contributed by atoms with Crippen molar-refractivity contribution in [1.82, 2.24) is 5.32 Å². The van der Waals surface area contributed by atoms with Crippen LogP contribution >= 0.6 is 15.9 Å². The molecule has 2 rings (SSSR count). The standard InChI is InChI=1S/C13H17BrN2O3/c1-13(2,5-12(15)17)16-6-8-3-10-11(4-9(8)14)19-7-18-10/h3-4,16H,5-7H2,1-2H3,(H2,15,17). The van der Waals surface area contributed by atoms with Crippen LogP contribution in [0.1, 0.15) is 25.8 Å². The van der Waals surface area contributed by atoms with Crippen LogP contribution < -0.4 is 20.5 Å². The number of halogens is 1. The number of nitrogens with two attached hydrogens (primary N) is 1. The van der Waals surface area contributed by atoms with Crippen LogP contribution in [0, 0.1) is 0 Å². The van der Waals surface area contributed by atoms with Gasteiger partial charge in [0.25, 0.3) is 0 Å². The molecule has 0 saturated carbocycles. The average molecular weight is 329 g/mol. The lowest BCUT2D eigenvalue weighted by atomic mass is 10.00. The van der Waals surface area contributed by atoms with E-state index in [2.05, 4.69) is 21.2 Å². The molecule has 3 N–H and O–H groups in total. The maximum atomic E-state index is 11.0. The van der Waals surface area contributed by atoms with Gasteiger partial charge >= 0.3 is 0 Å². The minimum atomic E-state index is -0.346. The largest absolute Gasteiger partial charge is 0.454 e. The van der Waals surface area contributed by atoms with E-state index in [1.807, 2.05) is 26.0 Å². The third-order valence-electron chi connectivity index (χ3n) is 2.92. The number of carbonyl (C=O) groups excluding carboxylic acids is 1. The number of primary amides is 1. The third kappa shape index (κ3) is 3.61. The van der Waals surface area contributed by atoms with Crippen molar-refractivity contribution >= 4 is 21.8 Å². The first-order valence-electron chi connectivity index (χ1n) is 5.99. The average Bonchev–Trinajstić information content (AvgIpc) is 2.71. The van der Waals surface area contributed by atoms with Crippen LogP contribution in [0.5, 0.6) is 11.5 Å². The molecule has 1 aliphatic heterocycles. The molecular formula is C13H17BrN2O3. The van der Waals surface area contributed by atoms with Gasteiger partial charge in [-0.3, -0.25) is 4.79 Å². The molecule has 0 atom stereocenters. The summed E-state index contributed by atoms with van der Waals surface area (Å²) in [6, 6.07) is 3.82. The number of carbonyl (C=O) groups is 1. The first-order chi connectivity index (χ1) is 8.87. The molecule has 1 aromatic carbocycles. The number of rotatable bonds is 5. The highest BCUT2D eigenvalue weighted by Gasteiger charge is 2.21. The van der Waals surface area contributed by atoms with Crippen LogP contribution in [0.2, 0.25) is 0 Å². The summed E-state index contributed by atoms with van der Waals surface area (Å²) in [4.78, 5) is 11.0. The second kappa shape index (κ2) is 5.38. The van der Waals surface area contributed by atoms with Gasteiger partial charge in [0.05, 0.1) is 0 Å². The lowest BCUT2D eigenvalue weighted by molar-refractivity contribution is -0.119. The minimum absolute atomic E-state index is 0.256. The van der Waals surface area contributed by atoms with Crippen LogP contribution in [-0.4, -0.2) is 18.2 Å². The molecular weight excluding hydrogens is 312 g/mol. The van der Waals surface area contributed by atoms with Crippen LogP contribution in [0.25, 0.3) is 0 Å². The summed E-state index contributed by atoms with van der Waals surface area (Å²) in [5.74, 6) is 1.17. The number of ether oxygens (including phenoxy) is 2. The van der Waals surface area contributed by atoms with E-state index in [0.29, 0.717) is 6.54 Å². The summed E-state index contributed by atoms with van der Waals surface area (Å²) in [5, 5.41) is 3.31. The van der Waals surface area contributed by atoms with Crippen molar-refractivity contribution in [2.45, 2.75) is 32.4 Å². The molecule has 1 aliphatic rings. The molecule has 0 saturated heterocycles. The maximum absolute atomic E-state index is 11.0. The molecule has 1 amide bonds. The second-order valence-electron chi connectivity index (χ2n) is 5.18. The molecule has 104 valence electrons. The van der Waals surface area contributed by atoms with Crippen LogP contribution in [0.4, 0.5) is 0 Å². The summed E-state index contributed by atoms with van der Waals surface area (Å²) in [7, 11) is 0. The van der Waals surface area contributed by atoms with Gasteiger partial charge in [0, 0.05) is 23.0 Å². The lowest BCUT2D eigenvalue weighted by Crippen LogP contribution is -2.42. The quantitative estimate of drug-likeness (QED) is 0.866. The molecule has 0 unspecified atom stereocenters. The van der Waals surface area contributed by atoms with Crippen molar-refractivity contribution in [2.75, 3.05) is 6.79 Å². The van der Waals surface area contributed by atoms with Crippen molar-refractivity contribution in [3.63, 3.8) is 0 Å². The Balaban J connectivity index is 2.06. The Morgan fingerprint density at radius 3 is 2.68 bits per heavy atom. The van der Waals surface area contributed by atoms with Crippen molar-refractivity contribution in [2.24, 2.45) is 5.73 Å². The van der Waals surface area contributed by atoms with Gasteiger partial charge in [-0.1, -0.05) is 15.9 Å².